The molecule has 0 spiro atoms. The quantitative estimate of drug-likeness (QED) is 0.0277. The normalized spacial score (nSPS) is 14.6. The summed E-state index contributed by atoms with van der Waals surface area (Å²) in [6.45, 7) is 2.16. The lowest BCUT2D eigenvalue weighted by Crippen LogP contribution is -2.29. The van der Waals surface area contributed by atoms with Gasteiger partial charge < -0.3 is 24.6 Å². The van der Waals surface area contributed by atoms with Crippen molar-refractivity contribution in [3.8, 4) is 0 Å². The molecule has 46 heavy (non-hydrogen) atoms. The predicted molar refractivity (Wildman–Crippen MR) is 182 cm³/mol. The molecule has 0 aromatic heterocycles. The molecule has 0 fully saturated rings. The summed E-state index contributed by atoms with van der Waals surface area (Å²) in [6.07, 6.45) is 29.0. The standard InChI is InChI=1S/C35H63O10P/c1-3-5-7-9-10-11-12-13-14-15-16-17-18-19-20-21-22-23-25-27-35(39)45-33(30-42-34(38)26-24-8-6-4-2)31-44-46(40,41)43-29-32(37)28-36/h10-11,13-14,16-17,32-33,36-37H,3-9,12,15,18-31H2,1-2H3,(H,40,41)/b11-10-,14-13-,17-16-. The van der Waals surface area contributed by atoms with Gasteiger partial charge in [0.1, 0.15) is 12.7 Å². The van der Waals surface area contributed by atoms with Gasteiger partial charge >= 0.3 is 19.8 Å². The van der Waals surface area contributed by atoms with Crippen LogP contribution in [0.25, 0.3) is 0 Å². The highest BCUT2D eigenvalue weighted by Crippen LogP contribution is 2.43. The van der Waals surface area contributed by atoms with Gasteiger partial charge in [0.05, 0.1) is 19.8 Å². The Morgan fingerprint density at radius 1 is 0.652 bits per heavy atom. The highest BCUT2D eigenvalue weighted by molar-refractivity contribution is 7.47. The molecule has 11 heteroatoms. The summed E-state index contributed by atoms with van der Waals surface area (Å²) in [5.41, 5.74) is 0. The number of hydrogen-bond acceptors (Lipinski definition) is 9. The summed E-state index contributed by atoms with van der Waals surface area (Å²) in [5.74, 6) is -0.963. The summed E-state index contributed by atoms with van der Waals surface area (Å²) in [5, 5.41) is 18.2. The third-order valence-corrected chi connectivity index (χ3v) is 8.00. The van der Waals surface area contributed by atoms with E-state index in [1.54, 1.807) is 0 Å². The van der Waals surface area contributed by atoms with Crippen LogP contribution >= 0.6 is 7.82 Å². The molecule has 0 aliphatic carbocycles. The van der Waals surface area contributed by atoms with Gasteiger partial charge in [0.2, 0.25) is 0 Å². The van der Waals surface area contributed by atoms with E-state index in [2.05, 4.69) is 54.8 Å². The van der Waals surface area contributed by atoms with E-state index in [9.17, 15) is 24.2 Å². The minimum absolute atomic E-state index is 0.169. The molecule has 268 valence electrons. The molecule has 0 bridgehead atoms. The summed E-state index contributed by atoms with van der Waals surface area (Å²) in [4.78, 5) is 34.3. The molecule has 10 nitrogen and oxygen atoms in total. The predicted octanol–water partition coefficient (Wildman–Crippen LogP) is 8.05. The van der Waals surface area contributed by atoms with E-state index in [1.807, 2.05) is 0 Å². The number of carbonyl (C=O) groups is 2. The minimum Gasteiger partial charge on any atom is -0.462 e. The fraction of sp³-hybridized carbons (Fsp3) is 0.771. The van der Waals surface area contributed by atoms with E-state index in [0.717, 1.165) is 70.6 Å². The molecule has 3 atom stereocenters. The molecule has 0 radical (unpaired) electrons. The summed E-state index contributed by atoms with van der Waals surface area (Å²) < 4.78 is 32.2. The Balaban J connectivity index is 4.24. The van der Waals surface area contributed by atoms with Crippen LogP contribution in [0.5, 0.6) is 0 Å². The third-order valence-electron chi connectivity index (χ3n) is 7.05. The molecule has 0 amide bonds. The smallest absolute Gasteiger partial charge is 0.462 e. The van der Waals surface area contributed by atoms with Crippen LogP contribution in [0.15, 0.2) is 36.5 Å². The number of aliphatic hydroxyl groups excluding tert-OH is 2. The maximum absolute atomic E-state index is 12.4. The van der Waals surface area contributed by atoms with Gasteiger partial charge in [-0.15, -0.1) is 0 Å². The number of phosphoric acid groups is 1. The largest absolute Gasteiger partial charge is 0.472 e. The molecule has 0 rings (SSSR count). The first kappa shape index (κ1) is 44.2. The Morgan fingerprint density at radius 2 is 1.13 bits per heavy atom. The van der Waals surface area contributed by atoms with Crippen molar-refractivity contribution in [1.82, 2.24) is 0 Å². The Labute approximate surface area is 278 Å². The SMILES string of the molecule is CCCCC/C=C\C/C=C\C/C=C\CCCCCCCCC(=O)OC(COC(=O)CCCCCC)COP(=O)(O)OCC(O)CO. The van der Waals surface area contributed by atoms with Gasteiger partial charge in [0.25, 0.3) is 0 Å². The molecule has 0 aliphatic heterocycles. The van der Waals surface area contributed by atoms with Crippen molar-refractivity contribution in [2.24, 2.45) is 0 Å². The van der Waals surface area contributed by atoms with Crippen molar-refractivity contribution in [3.63, 3.8) is 0 Å². The molecular formula is C35H63O10P. The summed E-state index contributed by atoms with van der Waals surface area (Å²) in [7, 11) is -4.60. The summed E-state index contributed by atoms with van der Waals surface area (Å²) in [6, 6.07) is 0. The zero-order valence-corrected chi connectivity index (χ0v) is 29.4. The number of unbranched alkanes of at least 4 members (excludes halogenated alkanes) is 12. The van der Waals surface area contributed by atoms with Crippen LogP contribution in [-0.4, -0.2) is 65.7 Å². The van der Waals surface area contributed by atoms with E-state index in [-0.39, 0.29) is 19.4 Å². The Kier molecular flexibility index (Phi) is 30.5. The Morgan fingerprint density at radius 3 is 1.74 bits per heavy atom. The number of carbonyl (C=O) groups excluding carboxylic acids is 2. The molecular weight excluding hydrogens is 611 g/mol. The maximum atomic E-state index is 12.4. The van der Waals surface area contributed by atoms with Crippen molar-refractivity contribution < 1.29 is 47.8 Å². The number of esters is 2. The fourth-order valence-electron chi connectivity index (χ4n) is 4.29. The van der Waals surface area contributed by atoms with Crippen LogP contribution < -0.4 is 0 Å². The van der Waals surface area contributed by atoms with E-state index in [4.69, 9.17) is 19.1 Å². The third kappa shape index (κ3) is 30.8. The van der Waals surface area contributed by atoms with Gasteiger partial charge in [-0.25, -0.2) is 4.57 Å². The molecule has 0 aromatic rings. The van der Waals surface area contributed by atoms with Crippen LogP contribution in [0.1, 0.15) is 136 Å². The second kappa shape index (κ2) is 31.8. The molecule has 0 aromatic carbocycles. The van der Waals surface area contributed by atoms with Gasteiger partial charge in [0, 0.05) is 12.8 Å². The number of ether oxygens (including phenoxy) is 2. The second-order valence-corrected chi connectivity index (χ2v) is 13.0. The molecule has 3 N–H and O–H groups in total. The number of rotatable bonds is 32. The molecule has 0 aliphatic rings. The first-order valence-electron chi connectivity index (χ1n) is 17.4. The van der Waals surface area contributed by atoms with Crippen molar-refractivity contribution in [1.29, 1.82) is 0 Å². The minimum atomic E-state index is -4.60. The fourth-order valence-corrected chi connectivity index (χ4v) is 5.08. The Bertz CT molecular complexity index is 873. The van der Waals surface area contributed by atoms with Gasteiger partial charge in [-0.2, -0.15) is 0 Å². The molecule has 0 heterocycles. The van der Waals surface area contributed by atoms with Crippen LogP contribution in [0, 0.1) is 0 Å². The van der Waals surface area contributed by atoms with Gasteiger partial charge in [-0.1, -0.05) is 108 Å². The van der Waals surface area contributed by atoms with E-state index in [0.29, 0.717) is 12.8 Å². The first-order valence-corrected chi connectivity index (χ1v) is 18.9. The van der Waals surface area contributed by atoms with Gasteiger partial charge in [-0.05, 0) is 51.4 Å². The van der Waals surface area contributed by atoms with E-state index >= 15 is 0 Å². The number of hydrogen-bond donors (Lipinski definition) is 3. The second-order valence-electron chi connectivity index (χ2n) is 11.5. The Hall–Kier alpha value is -1.81. The average molecular weight is 675 g/mol. The van der Waals surface area contributed by atoms with Crippen LogP contribution in [0.2, 0.25) is 0 Å². The maximum Gasteiger partial charge on any atom is 0.472 e. The van der Waals surface area contributed by atoms with Crippen LogP contribution in [0.4, 0.5) is 0 Å². The number of aliphatic hydroxyl groups is 2. The number of phosphoric ester groups is 1. The van der Waals surface area contributed by atoms with Crippen LogP contribution in [-0.2, 0) is 32.7 Å². The van der Waals surface area contributed by atoms with E-state index in [1.165, 1.54) is 25.7 Å². The van der Waals surface area contributed by atoms with Crippen molar-refractivity contribution in [2.75, 3.05) is 26.4 Å². The van der Waals surface area contributed by atoms with Crippen molar-refractivity contribution in [3.05, 3.63) is 36.5 Å². The monoisotopic (exact) mass is 674 g/mol. The highest BCUT2D eigenvalue weighted by Gasteiger charge is 2.27. The van der Waals surface area contributed by atoms with E-state index < -0.39 is 51.8 Å². The molecule has 0 saturated heterocycles. The summed E-state index contributed by atoms with van der Waals surface area (Å²) >= 11 is 0. The molecule has 0 saturated carbocycles. The lowest BCUT2D eigenvalue weighted by Gasteiger charge is -2.20. The van der Waals surface area contributed by atoms with Gasteiger partial charge in [0.15, 0.2) is 6.10 Å². The van der Waals surface area contributed by atoms with Crippen molar-refractivity contribution >= 4 is 19.8 Å². The lowest BCUT2D eigenvalue weighted by atomic mass is 10.1. The van der Waals surface area contributed by atoms with Crippen molar-refractivity contribution in [2.45, 2.75) is 148 Å². The zero-order valence-electron chi connectivity index (χ0n) is 28.5. The number of allylic oxidation sites excluding steroid dienone is 6. The first-order chi connectivity index (χ1) is 22.2. The average Bonchev–Trinajstić information content (AvgIpc) is 3.04. The van der Waals surface area contributed by atoms with Gasteiger partial charge in [-0.3, -0.25) is 18.6 Å². The molecule has 3 unspecified atom stereocenters. The zero-order chi connectivity index (χ0) is 34.1. The lowest BCUT2D eigenvalue weighted by molar-refractivity contribution is -0.161. The van der Waals surface area contributed by atoms with Crippen LogP contribution in [0.3, 0.4) is 0 Å². The topological polar surface area (TPSA) is 149 Å². The highest BCUT2D eigenvalue weighted by atomic mass is 31.2.